The molecule has 1 heterocycles. The molecule has 0 unspecified atom stereocenters. The standard InChI is InChI=1S/C13H14ClN5/c1-8-7-17-13(19-12(8)14)18-10-4-3-9(6-15)11(5-10)16-2/h3-7,15-16H,1-2H3,(H,17,18,19). The SMILES string of the molecule is CNc1cc(Nc2ncc(C)c(Cl)n2)ccc1C=N. The molecule has 1 aromatic carbocycles. The number of nitrogens with one attached hydrogen (secondary N) is 3. The van der Waals surface area contributed by atoms with Gasteiger partial charge in [-0.05, 0) is 25.1 Å². The van der Waals surface area contributed by atoms with Crippen LogP contribution in [-0.4, -0.2) is 23.2 Å². The first kappa shape index (κ1) is 13.3. The van der Waals surface area contributed by atoms with Crippen molar-refractivity contribution >= 4 is 35.1 Å². The first-order valence-electron chi connectivity index (χ1n) is 5.72. The lowest BCUT2D eigenvalue weighted by Gasteiger charge is -2.10. The van der Waals surface area contributed by atoms with Gasteiger partial charge in [0.1, 0.15) is 5.15 Å². The largest absolute Gasteiger partial charge is 0.388 e. The molecular weight excluding hydrogens is 262 g/mol. The number of nitrogens with zero attached hydrogens (tertiary/aromatic N) is 2. The van der Waals surface area contributed by atoms with Gasteiger partial charge in [0, 0.05) is 42.0 Å². The monoisotopic (exact) mass is 275 g/mol. The molecule has 19 heavy (non-hydrogen) atoms. The Morgan fingerprint density at radius 3 is 2.79 bits per heavy atom. The van der Waals surface area contributed by atoms with Crippen LogP contribution in [0, 0.1) is 12.3 Å². The lowest BCUT2D eigenvalue weighted by molar-refractivity contribution is 1.13. The van der Waals surface area contributed by atoms with Crippen LogP contribution in [0.4, 0.5) is 17.3 Å². The molecule has 3 N–H and O–H groups in total. The summed E-state index contributed by atoms with van der Waals surface area (Å²) in [7, 11) is 1.81. The summed E-state index contributed by atoms with van der Waals surface area (Å²) in [6, 6.07) is 5.59. The number of aryl methyl sites for hydroxylation is 1. The lowest BCUT2D eigenvalue weighted by atomic mass is 10.1. The van der Waals surface area contributed by atoms with Gasteiger partial charge >= 0.3 is 0 Å². The predicted molar refractivity (Wildman–Crippen MR) is 78.9 cm³/mol. The third-order valence-electron chi connectivity index (χ3n) is 2.64. The number of aromatic nitrogens is 2. The van der Waals surface area contributed by atoms with Crippen molar-refractivity contribution in [2.75, 3.05) is 17.7 Å². The van der Waals surface area contributed by atoms with Gasteiger partial charge in [0.15, 0.2) is 0 Å². The Morgan fingerprint density at radius 2 is 2.16 bits per heavy atom. The van der Waals surface area contributed by atoms with E-state index in [4.69, 9.17) is 17.0 Å². The third-order valence-corrected chi connectivity index (χ3v) is 3.03. The normalized spacial score (nSPS) is 10.1. The predicted octanol–water partition coefficient (Wildman–Crippen LogP) is 3.22. The minimum absolute atomic E-state index is 0.433. The van der Waals surface area contributed by atoms with Crippen LogP contribution in [0.2, 0.25) is 5.15 Å². The molecule has 0 spiro atoms. The summed E-state index contributed by atoms with van der Waals surface area (Å²) in [5, 5.41) is 13.8. The smallest absolute Gasteiger partial charge is 0.228 e. The average Bonchev–Trinajstić information content (AvgIpc) is 2.43. The number of anilines is 3. The van der Waals surface area contributed by atoms with Gasteiger partial charge in [-0.1, -0.05) is 11.6 Å². The third kappa shape index (κ3) is 3.00. The van der Waals surface area contributed by atoms with Crippen molar-refractivity contribution in [3.05, 3.63) is 40.7 Å². The molecule has 0 fully saturated rings. The lowest BCUT2D eigenvalue weighted by Crippen LogP contribution is -2.00. The maximum atomic E-state index is 7.30. The van der Waals surface area contributed by atoms with Crippen LogP contribution in [-0.2, 0) is 0 Å². The second-order valence-electron chi connectivity index (χ2n) is 3.99. The summed E-state index contributed by atoms with van der Waals surface area (Å²) in [4.78, 5) is 8.30. The summed E-state index contributed by atoms with van der Waals surface area (Å²) < 4.78 is 0. The molecule has 0 aliphatic heterocycles. The van der Waals surface area contributed by atoms with Crippen LogP contribution in [0.15, 0.2) is 24.4 Å². The summed E-state index contributed by atoms with van der Waals surface area (Å²) in [5.41, 5.74) is 3.34. The molecule has 0 radical (unpaired) electrons. The topological polar surface area (TPSA) is 73.7 Å². The molecule has 2 rings (SSSR count). The molecule has 0 aliphatic rings. The van der Waals surface area contributed by atoms with Crippen LogP contribution in [0.3, 0.4) is 0 Å². The van der Waals surface area contributed by atoms with Gasteiger partial charge in [-0.3, -0.25) is 0 Å². The Hall–Kier alpha value is -2.14. The van der Waals surface area contributed by atoms with E-state index >= 15 is 0 Å². The second-order valence-corrected chi connectivity index (χ2v) is 4.35. The highest BCUT2D eigenvalue weighted by Crippen LogP contribution is 2.22. The Morgan fingerprint density at radius 1 is 1.37 bits per heavy atom. The minimum Gasteiger partial charge on any atom is -0.388 e. The summed E-state index contributed by atoms with van der Waals surface area (Å²) in [6.45, 7) is 1.85. The van der Waals surface area contributed by atoms with E-state index in [0.717, 1.165) is 22.5 Å². The van der Waals surface area contributed by atoms with E-state index < -0.39 is 0 Å². The molecule has 0 saturated carbocycles. The molecule has 0 amide bonds. The summed E-state index contributed by atoms with van der Waals surface area (Å²) in [6.07, 6.45) is 2.97. The van der Waals surface area contributed by atoms with Gasteiger partial charge in [0.25, 0.3) is 0 Å². The van der Waals surface area contributed by atoms with Gasteiger partial charge < -0.3 is 16.0 Å². The van der Waals surface area contributed by atoms with E-state index in [2.05, 4.69) is 20.6 Å². The Bertz CT molecular complexity index is 612. The van der Waals surface area contributed by atoms with E-state index in [9.17, 15) is 0 Å². The molecule has 1 aromatic heterocycles. The minimum atomic E-state index is 0.433. The second kappa shape index (κ2) is 5.67. The van der Waals surface area contributed by atoms with E-state index in [1.54, 1.807) is 6.20 Å². The highest BCUT2D eigenvalue weighted by atomic mass is 35.5. The Labute approximate surface area is 116 Å². The van der Waals surface area contributed by atoms with Crippen molar-refractivity contribution in [1.82, 2.24) is 9.97 Å². The van der Waals surface area contributed by atoms with Crippen LogP contribution >= 0.6 is 11.6 Å². The van der Waals surface area contributed by atoms with Crippen LogP contribution in [0.1, 0.15) is 11.1 Å². The Balaban J connectivity index is 2.27. The van der Waals surface area contributed by atoms with E-state index in [0.29, 0.717) is 11.1 Å². The van der Waals surface area contributed by atoms with Crippen molar-refractivity contribution in [3.8, 4) is 0 Å². The van der Waals surface area contributed by atoms with E-state index in [1.165, 1.54) is 6.21 Å². The maximum absolute atomic E-state index is 7.30. The summed E-state index contributed by atoms with van der Waals surface area (Å²) in [5.74, 6) is 0.445. The molecule has 98 valence electrons. The number of hydrogen-bond donors (Lipinski definition) is 3. The average molecular weight is 276 g/mol. The molecule has 0 saturated heterocycles. The molecule has 5 nitrogen and oxygen atoms in total. The number of halogens is 1. The fourth-order valence-corrected chi connectivity index (χ4v) is 1.72. The van der Waals surface area contributed by atoms with Gasteiger partial charge in [-0.25, -0.2) is 9.97 Å². The number of benzene rings is 1. The maximum Gasteiger partial charge on any atom is 0.228 e. The first-order valence-corrected chi connectivity index (χ1v) is 6.10. The molecule has 6 heteroatoms. The zero-order valence-corrected chi connectivity index (χ0v) is 11.4. The van der Waals surface area contributed by atoms with Gasteiger partial charge in [-0.15, -0.1) is 0 Å². The molecule has 0 atom stereocenters. The van der Waals surface area contributed by atoms with Crippen LogP contribution in [0.5, 0.6) is 0 Å². The van der Waals surface area contributed by atoms with Gasteiger partial charge in [-0.2, -0.15) is 0 Å². The number of rotatable bonds is 4. The molecule has 0 bridgehead atoms. The molecule has 0 aliphatic carbocycles. The Kier molecular flexibility index (Phi) is 3.97. The fraction of sp³-hybridized carbons (Fsp3) is 0.154. The molecule has 2 aromatic rings. The molecular formula is C13H14ClN5. The van der Waals surface area contributed by atoms with Crippen molar-refractivity contribution < 1.29 is 0 Å². The van der Waals surface area contributed by atoms with Crippen molar-refractivity contribution in [2.24, 2.45) is 0 Å². The van der Waals surface area contributed by atoms with Crippen LogP contribution < -0.4 is 10.6 Å². The van der Waals surface area contributed by atoms with Crippen molar-refractivity contribution in [2.45, 2.75) is 6.92 Å². The number of hydrogen-bond acceptors (Lipinski definition) is 5. The fourth-order valence-electron chi connectivity index (χ4n) is 1.59. The first-order chi connectivity index (χ1) is 9.13. The quantitative estimate of drug-likeness (QED) is 0.592. The zero-order valence-electron chi connectivity index (χ0n) is 10.7. The van der Waals surface area contributed by atoms with Crippen molar-refractivity contribution in [1.29, 1.82) is 5.41 Å². The van der Waals surface area contributed by atoms with Gasteiger partial charge in [0.2, 0.25) is 5.95 Å². The van der Waals surface area contributed by atoms with Gasteiger partial charge in [0.05, 0.1) is 0 Å². The van der Waals surface area contributed by atoms with E-state index in [-0.39, 0.29) is 0 Å². The summed E-state index contributed by atoms with van der Waals surface area (Å²) >= 11 is 5.95. The highest BCUT2D eigenvalue weighted by Gasteiger charge is 2.04. The van der Waals surface area contributed by atoms with E-state index in [1.807, 2.05) is 32.2 Å². The van der Waals surface area contributed by atoms with Crippen LogP contribution in [0.25, 0.3) is 0 Å². The van der Waals surface area contributed by atoms with Crippen molar-refractivity contribution in [3.63, 3.8) is 0 Å². The zero-order chi connectivity index (χ0) is 13.8. The highest BCUT2D eigenvalue weighted by molar-refractivity contribution is 6.30.